The lowest BCUT2D eigenvalue weighted by molar-refractivity contribution is -0.197. The molecular formula is C18H20F3N3O3. The third kappa shape index (κ3) is 4.65. The van der Waals surface area contributed by atoms with Gasteiger partial charge in [0.15, 0.2) is 0 Å². The molecule has 0 aliphatic heterocycles. The molecule has 0 atom stereocenters. The highest BCUT2D eigenvalue weighted by molar-refractivity contribution is 5.78. The van der Waals surface area contributed by atoms with Crippen molar-refractivity contribution in [1.82, 2.24) is 15.2 Å². The van der Waals surface area contributed by atoms with E-state index in [4.69, 9.17) is 4.84 Å². The van der Waals surface area contributed by atoms with Crippen LogP contribution in [0.4, 0.5) is 13.2 Å². The van der Waals surface area contributed by atoms with Crippen molar-refractivity contribution in [3.05, 3.63) is 35.7 Å². The molecule has 1 heterocycles. The van der Waals surface area contributed by atoms with Crippen molar-refractivity contribution in [3.63, 3.8) is 0 Å². The highest BCUT2D eigenvalue weighted by atomic mass is 19.4. The SMILES string of the molecule is CCCON(Cc1ccc(-c2noc(C(F)(F)F)n2)cc1)C(=O)C1CCC1. The molecule has 0 bridgehead atoms. The van der Waals surface area contributed by atoms with E-state index in [-0.39, 0.29) is 24.2 Å². The molecule has 1 aromatic heterocycles. The number of rotatable bonds is 7. The molecule has 1 aliphatic rings. The van der Waals surface area contributed by atoms with Gasteiger partial charge in [0, 0.05) is 11.5 Å². The Balaban J connectivity index is 1.69. The van der Waals surface area contributed by atoms with Gasteiger partial charge in [-0.3, -0.25) is 9.63 Å². The number of halogens is 3. The minimum atomic E-state index is -4.68. The van der Waals surface area contributed by atoms with Crippen molar-refractivity contribution in [2.75, 3.05) is 6.61 Å². The van der Waals surface area contributed by atoms with Gasteiger partial charge in [-0.2, -0.15) is 18.2 Å². The van der Waals surface area contributed by atoms with Crippen LogP contribution in [0.5, 0.6) is 0 Å². The van der Waals surface area contributed by atoms with Crippen LogP contribution in [-0.4, -0.2) is 27.7 Å². The van der Waals surface area contributed by atoms with E-state index in [1.54, 1.807) is 24.3 Å². The summed E-state index contributed by atoms with van der Waals surface area (Å²) in [4.78, 5) is 21.4. The van der Waals surface area contributed by atoms with Gasteiger partial charge in [-0.1, -0.05) is 42.8 Å². The van der Waals surface area contributed by atoms with Crippen LogP contribution in [0.2, 0.25) is 0 Å². The van der Waals surface area contributed by atoms with Crippen molar-refractivity contribution in [2.24, 2.45) is 5.92 Å². The predicted octanol–water partition coefficient (Wildman–Crippen LogP) is 4.23. The van der Waals surface area contributed by atoms with Gasteiger partial charge in [0.1, 0.15) is 0 Å². The largest absolute Gasteiger partial charge is 0.471 e. The van der Waals surface area contributed by atoms with Crippen LogP contribution in [0, 0.1) is 5.92 Å². The molecule has 1 saturated carbocycles. The molecule has 0 saturated heterocycles. The summed E-state index contributed by atoms with van der Waals surface area (Å²) in [7, 11) is 0. The molecule has 1 amide bonds. The summed E-state index contributed by atoms with van der Waals surface area (Å²) in [6.07, 6.45) is -1.08. The third-order valence-corrected chi connectivity index (χ3v) is 4.36. The van der Waals surface area contributed by atoms with Crippen LogP contribution in [0.25, 0.3) is 11.4 Å². The van der Waals surface area contributed by atoms with Gasteiger partial charge in [0.05, 0.1) is 13.2 Å². The second kappa shape index (κ2) is 8.08. The Morgan fingerprint density at radius 1 is 1.30 bits per heavy atom. The van der Waals surface area contributed by atoms with E-state index in [9.17, 15) is 18.0 Å². The number of hydrogen-bond donors (Lipinski definition) is 0. The first-order valence-electron chi connectivity index (χ1n) is 8.83. The summed E-state index contributed by atoms with van der Waals surface area (Å²) in [5.74, 6) is -1.53. The minimum absolute atomic E-state index is 0.0150. The number of nitrogens with zero attached hydrogens (tertiary/aromatic N) is 3. The summed E-state index contributed by atoms with van der Waals surface area (Å²) in [6, 6.07) is 6.59. The minimum Gasteiger partial charge on any atom is -0.329 e. The van der Waals surface area contributed by atoms with Gasteiger partial charge in [-0.05, 0) is 24.8 Å². The maximum absolute atomic E-state index is 12.6. The molecular weight excluding hydrogens is 363 g/mol. The first-order chi connectivity index (χ1) is 12.9. The van der Waals surface area contributed by atoms with Crippen molar-refractivity contribution < 1.29 is 27.3 Å². The van der Waals surface area contributed by atoms with Crippen LogP contribution in [0.1, 0.15) is 44.1 Å². The Labute approximate surface area is 154 Å². The van der Waals surface area contributed by atoms with Crippen LogP contribution in [-0.2, 0) is 22.4 Å². The lowest BCUT2D eigenvalue weighted by Crippen LogP contribution is -2.38. The van der Waals surface area contributed by atoms with Gasteiger partial charge in [0.25, 0.3) is 0 Å². The normalized spacial score (nSPS) is 14.8. The topological polar surface area (TPSA) is 68.5 Å². The molecule has 0 unspecified atom stereocenters. The molecule has 9 heteroatoms. The molecule has 1 aromatic carbocycles. The van der Waals surface area contributed by atoms with Crippen LogP contribution < -0.4 is 0 Å². The van der Waals surface area contributed by atoms with E-state index in [0.717, 1.165) is 31.2 Å². The molecule has 146 valence electrons. The number of hydrogen-bond acceptors (Lipinski definition) is 5. The zero-order chi connectivity index (χ0) is 19.4. The van der Waals surface area contributed by atoms with Crippen LogP contribution in [0.3, 0.4) is 0 Å². The Bertz CT molecular complexity index is 770. The quantitative estimate of drug-likeness (QED) is 0.670. The maximum Gasteiger partial charge on any atom is 0.471 e. The molecule has 0 N–H and O–H groups in total. The monoisotopic (exact) mass is 383 g/mol. The standard InChI is InChI=1S/C18H20F3N3O3/c1-2-10-26-24(16(25)14-4-3-5-14)11-12-6-8-13(9-7-12)15-22-17(27-23-15)18(19,20)21/h6-9,14H,2-5,10-11H2,1H3. The fourth-order valence-corrected chi connectivity index (χ4v) is 2.63. The summed E-state index contributed by atoms with van der Waals surface area (Å²) >= 11 is 0. The second-order valence-electron chi connectivity index (χ2n) is 6.45. The molecule has 1 aliphatic carbocycles. The average molecular weight is 383 g/mol. The van der Waals surface area contributed by atoms with Crippen molar-refractivity contribution >= 4 is 5.91 Å². The fraction of sp³-hybridized carbons (Fsp3) is 0.500. The maximum atomic E-state index is 12.6. The van der Waals surface area contributed by atoms with Gasteiger partial charge in [-0.25, -0.2) is 5.06 Å². The summed E-state index contributed by atoms with van der Waals surface area (Å²) in [5, 5.41) is 4.75. The average Bonchev–Trinajstić information content (AvgIpc) is 3.08. The smallest absolute Gasteiger partial charge is 0.329 e. The van der Waals surface area contributed by atoms with Gasteiger partial charge >= 0.3 is 12.1 Å². The highest BCUT2D eigenvalue weighted by Crippen LogP contribution is 2.30. The van der Waals surface area contributed by atoms with E-state index >= 15 is 0 Å². The molecule has 0 spiro atoms. The lowest BCUT2D eigenvalue weighted by atomic mass is 9.84. The molecule has 3 rings (SSSR count). The number of hydroxylamine groups is 2. The first kappa shape index (κ1) is 19.3. The third-order valence-electron chi connectivity index (χ3n) is 4.36. The Morgan fingerprint density at radius 3 is 2.52 bits per heavy atom. The Morgan fingerprint density at radius 2 is 2.00 bits per heavy atom. The summed E-state index contributed by atoms with van der Waals surface area (Å²) < 4.78 is 41.9. The molecule has 0 radical (unpaired) electrons. The molecule has 6 nitrogen and oxygen atoms in total. The fourth-order valence-electron chi connectivity index (χ4n) is 2.63. The van der Waals surface area contributed by atoms with Crippen molar-refractivity contribution in [1.29, 1.82) is 0 Å². The molecule has 2 aromatic rings. The van der Waals surface area contributed by atoms with E-state index in [1.807, 2.05) is 6.92 Å². The second-order valence-corrected chi connectivity index (χ2v) is 6.45. The highest BCUT2D eigenvalue weighted by Gasteiger charge is 2.38. The van der Waals surface area contributed by atoms with E-state index in [1.165, 1.54) is 5.06 Å². The number of carbonyl (C=O) groups is 1. The van der Waals surface area contributed by atoms with E-state index in [0.29, 0.717) is 12.2 Å². The predicted molar refractivity (Wildman–Crippen MR) is 88.9 cm³/mol. The summed E-state index contributed by atoms with van der Waals surface area (Å²) in [6.45, 7) is 2.68. The van der Waals surface area contributed by atoms with E-state index < -0.39 is 12.1 Å². The lowest BCUT2D eigenvalue weighted by Gasteiger charge is -2.30. The Kier molecular flexibility index (Phi) is 5.79. The summed E-state index contributed by atoms with van der Waals surface area (Å²) in [5.41, 5.74) is 1.19. The number of alkyl halides is 3. The zero-order valence-corrected chi connectivity index (χ0v) is 14.8. The number of carbonyl (C=O) groups excluding carboxylic acids is 1. The van der Waals surface area contributed by atoms with Gasteiger partial charge in [-0.15, -0.1) is 0 Å². The Hall–Kier alpha value is -2.42. The molecule has 1 fully saturated rings. The van der Waals surface area contributed by atoms with Crippen molar-refractivity contribution in [3.8, 4) is 11.4 Å². The zero-order valence-electron chi connectivity index (χ0n) is 14.8. The van der Waals surface area contributed by atoms with Crippen molar-refractivity contribution in [2.45, 2.75) is 45.3 Å². The van der Waals surface area contributed by atoms with E-state index in [2.05, 4.69) is 14.7 Å². The number of amides is 1. The van der Waals surface area contributed by atoms with Gasteiger partial charge < -0.3 is 4.52 Å². The first-order valence-corrected chi connectivity index (χ1v) is 8.83. The number of benzene rings is 1. The van der Waals surface area contributed by atoms with Crippen LogP contribution >= 0.6 is 0 Å². The van der Waals surface area contributed by atoms with Crippen LogP contribution in [0.15, 0.2) is 28.8 Å². The molecule has 27 heavy (non-hydrogen) atoms. The number of aromatic nitrogens is 2. The van der Waals surface area contributed by atoms with Gasteiger partial charge in [0.2, 0.25) is 11.7 Å².